The highest BCUT2D eigenvalue weighted by molar-refractivity contribution is 6.30. The number of halogens is 1. The van der Waals surface area contributed by atoms with E-state index in [1.165, 1.54) is 4.90 Å². The predicted octanol–water partition coefficient (Wildman–Crippen LogP) is 2.82. The van der Waals surface area contributed by atoms with Gasteiger partial charge in [0.05, 0.1) is 12.0 Å². The molecule has 0 aromatic heterocycles. The number of ether oxygens (including phenoxy) is 1. The Kier molecular flexibility index (Phi) is 5.29. The van der Waals surface area contributed by atoms with Gasteiger partial charge < -0.3 is 14.7 Å². The summed E-state index contributed by atoms with van der Waals surface area (Å²) in [5.74, 6) is -0.328. The van der Waals surface area contributed by atoms with Crippen molar-refractivity contribution in [1.82, 2.24) is 4.90 Å². The van der Waals surface area contributed by atoms with Crippen LogP contribution in [0.5, 0.6) is 5.75 Å². The van der Waals surface area contributed by atoms with Gasteiger partial charge in [-0.1, -0.05) is 18.0 Å². The minimum absolute atomic E-state index is 0.0692. The fourth-order valence-electron chi connectivity index (χ4n) is 2.45. The lowest BCUT2D eigenvalue weighted by molar-refractivity contribution is -0.159. The van der Waals surface area contributed by atoms with E-state index in [4.69, 9.17) is 16.3 Å². The van der Waals surface area contributed by atoms with Crippen LogP contribution in [-0.2, 0) is 9.59 Å². The molecular weight excluding hydrogens is 306 g/mol. The predicted molar refractivity (Wildman–Crippen MR) is 83.1 cm³/mol. The number of benzene rings is 1. The normalized spacial score (nSPS) is 15.7. The zero-order chi connectivity index (χ0) is 16.2. The maximum Gasteiger partial charge on any atom is 0.310 e. The molecule has 2 rings (SSSR count). The number of hydrogen-bond donors (Lipinski definition) is 1. The van der Waals surface area contributed by atoms with Crippen molar-refractivity contribution in [2.24, 2.45) is 5.41 Å². The van der Waals surface area contributed by atoms with E-state index in [2.05, 4.69) is 0 Å². The van der Waals surface area contributed by atoms with Crippen molar-refractivity contribution >= 4 is 23.5 Å². The number of carbonyl (C=O) groups excluding carboxylic acids is 1. The Morgan fingerprint density at radius 2 is 1.95 bits per heavy atom. The van der Waals surface area contributed by atoms with Gasteiger partial charge in [-0.2, -0.15) is 0 Å². The third-order valence-electron chi connectivity index (χ3n) is 4.19. The van der Waals surface area contributed by atoms with Crippen molar-refractivity contribution in [1.29, 1.82) is 0 Å². The fourth-order valence-corrected chi connectivity index (χ4v) is 2.58. The van der Waals surface area contributed by atoms with Crippen molar-refractivity contribution in [3.05, 3.63) is 29.3 Å². The molecule has 1 aromatic carbocycles. The maximum atomic E-state index is 12.1. The summed E-state index contributed by atoms with van der Waals surface area (Å²) >= 11 is 5.79. The molecule has 0 spiro atoms. The van der Waals surface area contributed by atoms with Gasteiger partial charge in [-0.15, -0.1) is 0 Å². The number of likely N-dealkylation sites (N-methyl/N-ethyl adjacent to an activating group) is 1. The second-order valence-electron chi connectivity index (χ2n) is 5.73. The number of carboxylic acid groups (broad SMARTS) is 1. The highest BCUT2D eigenvalue weighted by Gasteiger charge is 2.46. The maximum absolute atomic E-state index is 12.1. The SMILES string of the molecule is CN(CCOc1ccc(Cl)cc1)C(=O)CC1(C(=O)O)CCC1. The average Bonchev–Trinajstić information content (AvgIpc) is 2.44. The molecule has 1 amide bonds. The van der Waals surface area contributed by atoms with Crippen LogP contribution in [0.3, 0.4) is 0 Å². The fraction of sp³-hybridized carbons (Fsp3) is 0.500. The van der Waals surface area contributed by atoms with E-state index in [1.807, 2.05) is 0 Å². The van der Waals surface area contributed by atoms with Crippen LogP contribution in [0.2, 0.25) is 5.02 Å². The molecule has 120 valence electrons. The molecule has 0 radical (unpaired) electrons. The van der Waals surface area contributed by atoms with Gasteiger partial charge in [-0.25, -0.2) is 0 Å². The molecular formula is C16H20ClNO4. The third kappa shape index (κ3) is 3.91. The van der Waals surface area contributed by atoms with E-state index in [0.717, 1.165) is 6.42 Å². The van der Waals surface area contributed by atoms with E-state index in [1.54, 1.807) is 31.3 Å². The number of hydrogen-bond acceptors (Lipinski definition) is 3. The first-order chi connectivity index (χ1) is 10.4. The third-order valence-corrected chi connectivity index (χ3v) is 4.44. The van der Waals surface area contributed by atoms with Crippen molar-refractivity contribution in [2.45, 2.75) is 25.7 Å². The number of aliphatic carboxylic acids is 1. The summed E-state index contributed by atoms with van der Waals surface area (Å²) in [5, 5.41) is 9.89. The lowest BCUT2D eigenvalue weighted by Gasteiger charge is -2.37. The van der Waals surface area contributed by atoms with Gasteiger partial charge in [0, 0.05) is 18.5 Å². The summed E-state index contributed by atoms with van der Waals surface area (Å²) in [6.07, 6.45) is 2.12. The molecule has 0 unspecified atom stereocenters. The van der Waals surface area contributed by atoms with Crippen LogP contribution < -0.4 is 4.74 Å². The molecule has 0 atom stereocenters. The van der Waals surface area contributed by atoms with Crippen LogP contribution >= 0.6 is 11.6 Å². The first-order valence-corrected chi connectivity index (χ1v) is 7.66. The average molecular weight is 326 g/mol. The van der Waals surface area contributed by atoms with Crippen LogP contribution in [0.15, 0.2) is 24.3 Å². The van der Waals surface area contributed by atoms with Crippen LogP contribution in [0.1, 0.15) is 25.7 Å². The number of carbonyl (C=O) groups is 2. The van der Waals surface area contributed by atoms with Crippen LogP contribution in [0, 0.1) is 5.41 Å². The van der Waals surface area contributed by atoms with Gasteiger partial charge in [-0.3, -0.25) is 9.59 Å². The Morgan fingerprint density at radius 1 is 1.32 bits per heavy atom. The lowest BCUT2D eigenvalue weighted by Crippen LogP contribution is -2.43. The Balaban J connectivity index is 1.77. The first kappa shape index (κ1) is 16.6. The summed E-state index contributed by atoms with van der Waals surface area (Å²) < 4.78 is 5.53. The smallest absolute Gasteiger partial charge is 0.310 e. The van der Waals surface area contributed by atoms with Crippen molar-refractivity contribution in [3.63, 3.8) is 0 Å². The van der Waals surface area contributed by atoms with Gasteiger partial charge in [-0.05, 0) is 37.1 Å². The molecule has 1 aromatic rings. The van der Waals surface area contributed by atoms with Crippen LogP contribution in [-0.4, -0.2) is 42.1 Å². The first-order valence-electron chi connectivity index (χ1n) is 7.29. The summed E-state index contributed by atoms with van der Waals surface area (Å²) in [6.45, 7) is 0.765. The summed E-state index contributed by atoms with van der Waals surface area (Å²) in [7, 11) is 1.67. The molecule has 5 nitrogen and oxygen atoms in total. The van der Waals surface area contributed by atoms with E-state index >= 15 is 0 Å². The Hall–Kier alpha value is -1.75. The van der Waals surface area contributed by atoms with Gasteiger partial charge >= 0.3 is 5.97 Å². The molecule has 0 aliphatic heterocycles. The Bertz CT molecular complexity index is 540. The zero-order valence-electron chi connectivity index (χ0n) is 12.5. The second kappa shape index (κ2) is 7.01. The van der Waals surface area contributed by atoms with E-state index in [-0.39, 0.29) is 12.3 Å². The number of amides is 1. The largest absolute Gasteiger partial charge is 0.492 e. The monoisotopic (exact) mass is 325 g/mol. The molecule has 1 N–H and O–H groups in total. The molecule has 22 heavy (non-hydrogen) atoms. The molecule has 6 heteroatoms. The van der Waals surface area contributed by atoms with Gasteiger partial charge in [0.15, 0.2) is 0 Å². The second-order valence-corrected chi connectivity index (χ2v) is 6.17. The zero-order valence-corrected chi connectivity index (χ0v) is 13.3. The number of carboxylic acids is 1. The molecule has 1 saturated carbocycles. The molecule has 0 heterocycles. The van der Waals surface area contributed by atoms with Crippen molar-refractivity contribution in [3.8, 4) is 5.75 Å². The van der Waals surface area contributed by atoms with Gasteiger partial charge in [0.25, 0.3) is 0 Å². The molecule has 1 aliphatic rings. The van der Waals surface area contributed by atoms with E-state index in [0.29, 0.717) is 36.8 Å². The summed E-state index contributed by atoms with van der Waals surface area (Å²) in [5.41, 5.74) is -0.845. The lowest BCUT2D eigenvalue weighted by atomic mass is 9.66. The van der Waals surface area contributed by atoms with Crippen molar-refractivity contribution in [2.75, 3.05) is 20.2 Å². The number of nitrogens with zero attached hydrogens (tertiary/aromatic N) is 1. The van der Waals surface area contributed by atoms with E-state index in [9.17, 15) is 14.7 Å². The quantitative estimate of drug-likeness (QED) is 0.837. The van der Waals surface area contributed by atoms with Crippen LogP contribution in [0.4, 0.5) is 0 Å². The van der Waals surface area contributed by atoms with Gasteiger partial charge in [0.2, 0.25) is 5.91 Å². The van der Waals surface area contributed by atoms with Crippen molar-refractivity contribution < 1.29 is 19.4 Å². The van der Waals surface area contributed by atoms with Gasteiger partial charge in [0.1, 0.15) is 12.4 Å². The topological polar surface area (TPSA) is 66.8 Å². The summed E-state index contributed by atoms with van der Waals surface area (Å²) in [4.78, 5) is 24.9. The van der Waals surface area contributed by atoms with E-state index < -0.39 is 11.4 Å². The molecule has 0 saturated heterocycles. The molecule has 1 fully saturated rings. The minimum atomic E-state index is -0.863. The molecule has 1 aliphatic carbocycles. The summed E-state index contributed by atoms with van der Waals surface area (Å²) in [6, 6.07) is 6.99. The highest BCUT2D eigenvalue weighted by atomic mass is 35.5. The standard InChI is InChI=1S/C16H20ClNO4/c1-18(9-10-22-13-5-3-12(17)4-6-13)14(19)11-16(15(20)21)7-2-8-16/h3-6H,2,7-11H2,1H3,(H,20,21). The van der Waals surface area contributed by atoms with Crippen LogP contribution in [0.25, 0.3) is 0 Å². The molecule has 0 bridgehead atoms. The highest BCUT2D eigenvalue weighted by Crippen LogP contribution is 2.44. The minimum Gasteiger partial charge on any atom is -0.492 e. The Morgan fingerprint density at radius 3 is 2.45 bits per heavy atom. The number of rotatable bonds is 7. The Labute approximate surface area is 134 Å².